The largest absolute Gasteiger partial charge is 0.335 e. The van der Waals surface area contributed by atoms with Crippen molar-refractivity contribution >= 4 is 23.4 Å². The Kier molecular flexibility index (Phi) is 7.41. The highest BCUT2D eigenvalue weighted by molar-refractivity contribution is 5.93. The van der Waals surface area contributed by atoms with E-state index >= 15 is 0 Å². The van der Waals surface area contributed by atoms with Crippen LogP contribution in [0.15, 0.2) is 24.3 Å². The van der Waals surface area contributed by atoms with Gasteiger partial charge in [0, 0.05) is 23.5 Å². The van der Waals surface area contributed by atoms with Crippen LogP contribution in [0.1, 0.15) is 80.1 Å². The number of hydrogen-bond donors (Lipinski definition) is 4. The Hall–Kier alpha value is -2.24. The van der Waals surface area contributed by atoms with E-state index in [1.54, 1.807) is 6.07 Å². The fraction of sp³-hybridized carbons (Fsp3) is 0.692. The molecule has 1 aromatic carbocycles. The first kappa shape index (κ1) is 24.4. The first-order chi connectivity index (χ1) is 14.9. The number of anilines is 2. The maximum absolute atomic E-state index is 12.6. The molecule has 32 heavy (non-hydrogen) atoms. The Morgan fingerprint density at radius 3 is 1.53 bits per heavy atom. The summed E-state index contributed by atoms with van der Waals surface area (Å²) in [4.78, 5) is 25.1. The Labute approximate surface area is 193 Å². The highest BCUT2D eigenvalue weighted by atomic mass is 16.2. The van der Waals surface area contributed by atoms with Gasteiger partial charge in [0.15, 0.2) is 0 Å². The van der Waals surface area contributed by atoms with E-state index < -0.39 is 0 Å². The summed E-state index contributed by atoms with van der Waals surface area (Å²) < 4.78 is 0. The maximum atomic E-state index is 12.6. The molecule has 0 aromatic heterocycles. The van der Waals surface area contributed by atoms with Crippen molar-refractivity contribution in [3.63, 3.8) is 0 Å². The van der Waals surface area contributed by atoms with E-state index in [9.17, 15) is 9.59 Å². The molecule has 2 aliphatic carbocycles. The number of benzene rings is 1. The molecule has 4 atom stereocenters. The fourth-order valence-corrected chi connectivity index (χ4v) is 6.29. The van der Waals surface area contributed by atoms with Crippen LogP contribution in [-0.2, 0) is 0 Å². The molecule has 0 unspecified atom stereocenters. The minimum Gasteiger partial charge on any atom is -0.335 e. The summed E-state index contributed by atoms with van der Waals surface area (Å²) in [6.07, 6.45) is 6.39. The first-order valence-electron chi connectivity index (χ1n) is 12.1. The molecular weight excluding hydrogens is 400 g/mol. The number of carbonyl (C=O) groups excluding carboxylic acids is 2. The number of urea groups is 2. The van der Waals surface area contributed by atoms with Gasteiger partial charge >= 0.3 is 12.1 Å². The second-order valence-corrected chi connectivity index (χ2v) is 12.0. The lowest BCUT2D eigenvalue weighted by atomic mass is 9.70. The average molecular weight is 443 g/mol. The zero-order valence-electron chi connectivity index (χ0n) is 20.7. The molecule has 4 amide bonds. The Morgan fingerprint density at radius 1 is 0.750 bits per heavy atom. The van der Waals surface area contributed by atoms with Crippen molar-refractivity contribution in [2.75, 3.05) is 10.6 Å². The van der Waals surface area contributed by atoms with Crippen molar-refractivity contribution in [1.82, 2.24) is 10.6 Å². The zero-order valence-corrected chi connectivity index (χ0v) is 20.7. The monoisotopic (exact) mass is 442 g/mol. The minimum absolute atomic E-state index is 0.183. The molecule has 2 saturated carbocycles. The van der Waals surface area contributed by atoms with Crippen LogP contribution in [0.4, 0.5) is 21.0 Å². The number of hydrogen-bond acceptors (Lipinski definition) is 2. The Morgan fingerprint density at radius 2 is 1.16 bits per heavy atom. The summed E-state index contributed by atoms with van der Waals surface area (Å²) >= 11 is 0. The van der Waals surface area contributed by atoms with E-state index in [0.717, 1.165) is 25.7 Å². The van der Waals surface area contributed by atoms with Crippen LogP contribution in [0.5, 0.6) is 0 Å². The third-order valence-electron chi connectivity index (χ3n) is 6.82. The summed E-state index contributed by atoms with van der Waals surface area (Å²) in [5.41, 5.74) is 1.82. The summed E-state index contributed by atoms with van der Waals surface area (Å²) in [7, 11) is 0. The Balaban J connectivity index is 1.51. The van der Waals surface area contributed by atoms with Gasteiger partial charge < -0.3 is 21.3 Å². The molecule has 6 heteroatoms. The van der Waals surface area contributed by atoms with Gasteiger partial charge in [0.1, 0.15) is 0 Å². The van der Waals surface area contributed by atoms with Crippen LogP contribution in [-0.4, -0.2) is 24.1 Å². The van der Waals surface area contributed by atoms with Crippen LogP contribution < -0.4 is 21.3 Å². The number of carbonyl (C=O) groups is 2. The summed E-state index contributed by atoms with van der Waals surface area (Å²) in [5, 5.41) is 12.1. The third-order valence-corrected chi connectivity index (χ3v) is 6.82. The average Bonchev–Trinajstić information content (AvgIpc) is 2.57. The maximum Gasteiger partial charge on any atom is 0.319 e. The predicted molar refractivity (Wildman–Crippen MR) is 132 cm³/mol. The molecule has 0 saturated heterocycles. The van der Waals surface area contributed by atoms with Gasteiger partial charge in [0.05, 0.1) is 0 Å². The molecule has 0 bridgehead atoms. The molecule has 2 fully saturated rings. The van der Waals surface area contributed by atoms with Crippen molar-refractivity contribution in [3.05, 3.63) is 24.3 Å². The van der Waals surface area contributed by atoms with Crippen molar-refractivity contribution < 1.29 is 9.59 Å². The van der Waals surface area contributed by atoms with E-state index in [1.165, 1.54) is 12.8 Å². The van der Waals surface area contributed by atoms with Gasteiger partial charge in [-0.2, -0.15) is 0 Å². The van der Waals surface area contributed by atoms with E-state index in [0.29, 0.717) is 23.2 Å². The van der Waals surface area contributed by atoms with Crippen LogP contribution >= 0.6 is 0 Å². The summed E-state index contributed by atoms with van der Waals surface area (Å²) in [6.45, 7) is 13.6. The second kappa shape index (κ2) is 9.72. The number of rotatable bonds is 4. The SMILES string of the molecule is C[C@H]1C[C@@H](NC(=O)Nc2cccc(NC(=O)N[C@@H]3C[C@H](C)CC(C)(C)C3)c2)CC(C)(C)C1. The van der Waals surface area contributed by atoms with Crippen molar-refractivity contribution in [2.24, 2.45) is 22.7 Å². The van der Waals surface area contributed by atoms with E-state index in [1.807, 2.05) is 18.2 Å². The van der Waals surface area contributed by atoms with E-state index in [2.05, 4.69) is 62.8 Å². The van der Waals surface area contributed by atoms with Gasteiger partial charge in [-0.15, -0.1) is 0 Å². The predicted octanol–water partition coefficient (Wildman–Crippen LogP) is 6.36. The van der Waals surface area contributed by atoms with Gasteiger partial charge in [0.2, 0.25) is 0 Å². The van der Waals surface area contributed by atoms with Gasteiger partial charge in [-0.05, 0) is 79.4 Å². The van der Waals surface area contributed by atoms with Crippen LogP contribution in [0.2, 0.25) is 0 Å². The normalized spacial score (nSPS) is 28.9. The van der Waals surface area contributed by atoms with Gasteiger partial charge in [-0.1, -0.05) is 47.6 Å². The lowest BCUT2D eigenvalue weighted by Gasteiger charge is -2.39. The molecule has 3 rings (SSSR count). The number of amides is 4. The van der Waals surface area contributed by atoms with Crippen LogP contribution in [0.25, 0.3) is 0 Å². The summed E-state index contributed by atoms with van der Waals surface area (Å²) in [6, 6.07) is 7.27. The fourth-order valence-electron chi connectivity index (χ4n) is 6.29. The van der Waals surface area contributed by atoms with Crippen molar-refractivity contribution in [2.45, 2.75) is 92.2 Å². The molecular formula is C26H42N4O2. The van der Waals surface area contributed by atoms with Gasteiger partial charge in [0.25, 0.3) is 0 Å². The van der Waals surface area contributed by atoms with Gasteiger partial charge in [-0.25, -0.2) is 9.59 Å². The Bertz CT molecular complexity index is 757. The van der Waals surface area contributed by atoms with Crippen molar-refractivity contribution in [3.8, 4) is 0 Å². The molecule has 6 nitrogen and oxygen atoms in total. The molecule has 0 radical (unpaired) electrons. The molecule has 1 aromatic rings. The lowest BCUT2D eigenvalue weighted by molar-refractivity contribution is 0.154. The van der Waals surface area contributed by atoms with Crippen molar-refractivity contribution in [1.29, 1.82) is 0 Å². The topological polar surface area (TPSA) is 82.3 Å². The first-order valence-corrected chi connectivity index (χ1v) is 12.1. The smallest absolute Gasteiger partial charge is 0.319 e. The quantitative estimate of drug-likeness (QED) is 0.437. The number of nitrogens with one attached hydrogen (secondary N) is 4. The minimum atomic E-state index is -0.195. The summed E-state index contributed by atoms with van der Waals surface area (Å²) in [5.74, 6) is 1.21. The van der Waals surface area contributed by atoms with E-state index in [-0.39, 0.29) is 35.0 Å². The molecule has 0 spiro atoms. The molecule has 4 N–H and O–H groups in total. The van der Waals surface area contributed by atoms with E-state index in [4.69, 9.17) is 0 Å². The molecule has 0 heterocycles. The molecule has 178 valence electrons. The standard InChI is InChI=1S/C26H42N4O2/c1-17-10-21(15-25(3,4)13-17)29-23(31)27-19-8-7-9-20(12-19)28-24(32)30-22-11-18(2)14-26(5,6)16-22/h7-9,12,17-18,21-22H,10-11,13-16H2,1-6H3,(H2,27,29,31)(H2,28,30,32)/t17-,18-,21+,22+/m0/s1. The second-order valence-electron chi connectivity index (χ2n) is 12.0. The highest BCUT2D eigenvalue weighted by Gasteiger charge is 2.33. The zero-order chi connectivity index (χ0) is 23.5. The molecule has 0 aliphatic heterocycles. The highest BCUT2D eigenvalue weighted by Crippen LogP contribution is 2.39. The van der Waals surface area contributed by atoms with Gasteiger partial charge in [-0.3, -0.25) is 0 Å². The van der Waals surface area contributed by atoms with Crippen LogP contribution in [0, 0.1) is 22.7 Å². The molecule has 2 aliphatic rings. The van der Waals surface area contributed by atoms with Crippen LogP contribution in [0.3, 0.4) is 0 Å². The third kappa shape index (κ3) is 7.42. The lowest BCUT2D eigenvalue weighted by Crippen LogP contribution is -2.44.